The second-order valence-corrected chi connectivity index (χ2v) is 5.71. The van der Waals surface area contributed by atoms with E-state index >= 15 is 0 Å². The number of nitrogens with one attached hydrogen (secondary N) is 2. The molecule has 2 N–H and O–H groups in total. The average molecular weight is 320 g/mol. The lowest BCUT2D eigenvalue weighted by Gasteiger charge is -2.29. The predicted molar refractivity (Wildman–Crippen MR) is 88.5 cm³/mol. The van der Waals surface area contributed by atoms with E-state index in [1.54, 1.807) is 0 Å². The summed E-state index contributed by atoms with van der Waals surface area (Å²) in [6.07, 6.45) is 0.114. The van der Waals surface area contributed by atoms with Gasteiger partial charge in [-0.05, 0) is 50.7 Å². The molecule has 0 radical (unpaired) electrons. The van der Waals surface area contributed by atoms with Crippen LogP contribution in [-0.4, -0.2) is 24.3 Å². The molecule has 0 saturated heterocycles. The highest BCUT2D eigenvalue weighted by Crippen LogP contribution is 2.28. The highest BCUT2D eigenvalue weighted by molar-refractivity contribution is 7.80. The zero-order valence-electron chi connectivity index (χ0n) is 13.1. The molecule has 1 aliphatic rings. The van der Waals surface area contributed by atoms with Gasteiger partial charge in [-0.3, -0.25) is 0 Å². The largest absolute Gasteiger partial charge is 0.491 e. The lowest BCUT2D eigenvalue weighted by Crippen LogP contribution is -2.45. The van der Waals surface area contributed by atoms with E-state index in [1.165, 1.54) is 7.11 Å². The molecular formula is C16H20N2O3S. The van der Waals surface area contributed by atoms with Crippen LogP contribution in [0.1, 0.15) is 32.4 Å². The number of hydrogen-bond acceptors (Lipinski definition) is 4. The van der Waals surface area contributed by atoms with E-state index in [4.69, 9.17) is 21.7 Å². The lowest BCUT2D eigenvalue weighted by molar-refractivity contribution is -0.136. The fourth-order valence-electron chi connectivity index (χ4n) is 2.34. The van der Waals surface area contributed by atoms with Crippen molar-refractivity contribution < 1.29 is 14.3 Å². The molecule has 0 aliphatic carbocycles. The summed E-state index contributed by atoms with van der Waals surface area (Å²) in [5, 5.41) is 6.55. The number of hydrogen-bond donors (Lipinski definition) is 2. The minimum atomic E-state index is -0.382. The Balaban J connectivity index is 2.33. The first kappa shape index (κ1) is 16.3. The Morgan fingerprint density at radius 3 is 2.45 bits per heavy atom. The normalized spacial score (nSPS) is 17.9. The van der Waals surface area contributed by atoms with Crippen LogP contribution in [0.2, 0.25) is 0 Å². The van der Waals surface area contributed by atoms with E-state index in [9.17, 15) is 4.79 Å². The molecule has 1 heterocycles. The van der Waals surface area contributed by atoms with Crippen LogP contribution in [0.3, 0.4) is 0 Å². The van der Waals surface area contributed by atoms with Gasteiger partial charge < -0.3 is 20.1 Å². The Labute approximate surface area is 135 Å². The number of rotatable bonds is 4. The fraction of sp³-hybridized carbons (Fsp3) is 0.375. The van der Waals surface area contributed by atoms with E-state index in [1.807, 2.05) is 45.0 Å². The standard InChI is InChI=1S/C16H20N2O3S/c1-9(2)21-12-7-5-11(6-8-12)14-13(15(19)20-4)10(3)17-16(22)18-14/h5-9,14H,1-4H3,(H2,17,18,22). The summed E-state index contributed by atoms with van der Waals surface area (Å²) in [5.74, 6) is 0.406. The van der Waals surface area contributed by atoms with Crippen molar-refractivity contribution in [2.45, 2.75) is 32.9 Å². The van der Waals surface area contributed by atoms with Gasteiger partial charge in [-0.2, -0.15) is 0 Å². The third-order valence-corrected chi connectivity index (χ3v) is 3.48. The molecule has 0 fully saturated rings. The van der Waals surface area contributed by atoms with Crippen molar-refractivity contribution in [2.75, 3.05) is 7.11 Å². The van der Waals surface area contributed by atoms with Gasteiger partial charge in [-0.1, -0.05) is 12.1 Å². The topological polar surface area (TPSA) is 59.6 Å². The second-order valence-electron chi connectivity index (χ2n) is 5.30. The van der Waals surface area contributed by atoms with Gasteiger partial charge in [0.25, 0.3) is 0 Å². The van der Waals surface area contributed by atoms with Crippen molar-refractivity contribution in [3.8, 4) is 5.75 Å². The molecule has 2 rings (SSSR count). The van der Waals surface area contributed by atoms with Crippen LogP contribution < -0.4 is 15.4 Å². The van der Waals surface area contributed by atoms with E-state index in [2.05, 4.69) is 10.6 Å². The zero-order chi connectivity index (χ0) is 16.3. The molecule has 5 nitrogen and oxygen atoms in total. The molecule has 6 heteroatoms. The monoisotopic (exact) mass is 320 g/mol. The number of esters is 1. The molecule has 1 aromatic rings. The van der Waals surface area contributed by atoms with Crippen molar-refractivity contribution in [3.63, 3.8) is 0 Å². The summed E-state index contributed by atoms with van der Waals surface area (Å²) in [5.41, 5.74) is 2.14. The van der Waals surface area contributed by atoms with Crippen LogP contribution in [0.4, 0.5) is 0 Å². The summed E-state index contributed by atoms with van der Waals surface area (Å²) in [4.78, 5) is 12.1. The number of ether oxygens (including phenoxy) is 2. The zero-order valence-corrected chi connectivity index (χ0v) is 13.9. The smallest absolute Gasteiger partial charge is 0.337 e. The van der Waals surface area contributed by atoms with Gasteiger partial charge in [-0.15, -0.1) is 0 Å². The van der Waals surface area contributed by atoms with Crippen molar-refractivity contribution in [1.82, 2.24) is 10.6 Å². The number of carbonyl (C=O) groups excluding carboxylic acids is 1. The van der Waals surface area contributed by atoms with Gasteiger partial charge in [0, 0.05) is 5.70 Å². The van der Waals surface area contributed by atoms with Crippen LogP contribution in [0, 0.1) is 0 Å². The molecule has 1 aromatic carbocycles. The summed E-state index contributed by atoms with van der Waals surface area (Å²) >= 11 is 5.19. The van der Waals surface area contributed by atoms with Crippen LogP contribution in [0.15, 0.2) is 35.5 Å². The van der Waals surface area contributed by atoms with E-state index in [0.717, 1.165) is 11.3 Å². The molecule has 0 bridgehead atoms. The SMILES string of the molecule is COC(=O)C1=C(C)NC(=S)NC1c1ccc(OC(C)C)cc1. The Morgan fingerprint density at radius 2 is 1.91 bits per heavy atom. The minimum absolute atomic E-state index is 0.114. The number of benzene rings is 1. The number of carbonyl (C=O) groups is 1. The van der Waals surface area contributed by atoms with Crippen molar-refractivity contribution in [3.05, 3.63) is 41.1 Å². The molecule has 0 spiro atoms. The molecule has 1 atom stereocenters. The maximum Gasteiger partial charge on any atom is 0.337 e. The predicted octanol–water partition coefficient (Wildman–Crippen LogP) is 2.44. The Kier molecular flexibility index (Phi) is 5.03. The quantitative estimate of drug-likeness (QED) is 0.656. The molecule has 1 unspecified atom stereocenters. The average Bonchev–Trinajstić information content (AvgIpc) is 2.46. The molecule has 118 valence electrons. The number of thiocarbonyl (C=S) groups is 1. The summed E-state index contributed by atoms with van der Waals surface area (Å²) in [6.45, 7) is 5.76. The van der Waals surface area contributed by atoms with Crippen molar-refractivity contribution >= 4 is 23.3 Å². The van der Waals surface area contributed by atoms with Crippen molar-refractivity contribution in [1.29, 1.82) is 0 Å². The van der Waals surface area contributed by atoms with Crippen molar-refractivity contribution in [2.24, 2.45) is 0 Å². The summed E-state index contributed by atoms with van der Waals surface area (Å²) in [6, 6.07) is 7.26. The maximum atomic E-state index is 12.1. The molecule has 1 aliphatic heterocycles. The fourth-order valence-corrected chi connectivity index (χ4v) is 2.61. The molecular weight excluding hydrogens is 300 g/mol. The first-order chi connectivity index (χ1) is 10.4. The van der Waals surface area contributed by atoms with E-state index in [-0.39, 0.29) is 18.1 Å². The third kappa shape index (κ3) is 3.57. The maximum absolute atomic E-state index is 12.1. The Morgan fingerprint density at radius 1 is 1.27 bits per heavy atom. The van der Waals surface area contributed by atoms with Crippen LogP contribution in [0.25, 0.3) is 0 Å². The van der Waals surface area contributed by atoms with E-state index < -0.39 is 0 Å². The Hall–Kier alpha value is -2.08. The summed E-state index contributed by atoms with van der Waals surface area (Å²) in [7, 11) is 1.37. The van der Waals surface area contributed by atoms with Gasteiger partial charge in [0.2, 0.25) is 0 Å². The molecule has 0 saturated carbocycles. The molecule has 0 aromatic heterocycles. The van der Waals surface area contributed by atoms with Gasteiger partial charge in [0.1, 0.15) is 5.75 Å². The van der Waals surface area contributed by atoms with Gasteiger partial charge in [-0.25, -0.2) is 4.79 Å². The summed E-state index contributed by atoms with van der Waals surface area (Å²) < 4.78 is 10.5. The highest BCUT2D eigenvalue weighted by Gasteiger charge is 2.30. The highest BCUT2D eigenvalue weighted by atomic mass is 32.1. The van der Waals surface area contributed by atoms with Crippen LogP contribution in [0.5, 0.6) is 5.75 Å². The van der Waals surface area contributed by atoms with Crippen LogP contribution >= 0.6 is 12.2 Å². The minimum Gasteiger partial charge on any atom is -0.491 e. The first-order valence-electron chi connectivity index (χ1n) is 7.05. The third-order valence-electron chi connectivity index (χ3n) is 3.26. The lowest BCUT2D eigenvalue weighted by atomic mass is 9.95. The Bertz CT molecular complexity index is 608. The van der Waals surface area contributed by atoms with E-state index in [0.29, 0.717) is 16.4 Å². The molecule has 22 heavy (non-hydrogen) atoms. The van der Waals surface area contributed by atoms with Crippen LogP contribution in [-0.2, 0) is 9.53 Å². The second kappa shape index (κ2) is 6.79. The van der Waals surface area contributed by atoms with Gasteiger partial charge in [0.15, 0.2) is 5.11 Å². The number of allylic oxidation sites excluding steroid dienone is 1. The van der Waals surface area contributed by atoms with Gasteiger partial charge >= 0.3 is 5.97 Å². The number of methoxy groups -OCH3 is 1. The molecule has 0 amide bonds. The first-order valence-corrected chi connectivity index (χ1v) is 7.46. The van der Waals surface area contributed by atoms with Gasteiger partial charge in [0.05, 0.1) is 24.8 Å².